The van der Waals surface area contributed by atoms with Gasteiger partial charge in [0, 0.05) is 31.9 Å². The van der Waals surface area contributed by atoms with E-state index in [9.17, 15) is 9.18 Å². The van der Waals surface area contributed by atoms with Gasteiger partial charge >= 0.3 is 5.97 Å². The van der Waals surface area contributed by atoms with Crippen LogP contribution in [0.1, 0.15) is 5.56 Å². The third kappa shape index (κ3) is 5.52. The predicted octanol–water partition coefficient (Wildman–Crippen LogP) is 1.92. The summed E-state index contributed by atoms with van der Waals surface area (Å²) >= 11 is 0. The molecule has 0 aromatic heterocycles. The SMILES string of the molecule is CN(C)CCN(C)c1cc(F)cc(/C=C/C(=O)O)c1. The highest BCUT2D eigenvalue weighted by Crippen LogP contribution is 2.18. The number of nitrogens with zero attached hydrogens (tertiary/aromatic N) is 2. The Labute approximate surface area is 112 Å². The van der Waals surface area contributed by atoms with Crippen molar-refractivity contribution < 1.29 is 14.3 Å². The van der Waals surface area contributed by atoms with Gasteiger partial charge in [-0.3, -0.25) is 0 Å². The standard InChI is InChI=1S/C14H19FN2O2/c1-16(2)6-7-17(3)13-9-11(4-5-14(18)19)8-12(15)10-13/h4-5,8-10H,6-7H2,1-3H3,(H,18,19)/b5-4+. The summed E-state index contributed by atoms with van der Waals surface area (Å²) in [7, 11) is 5.82. The molecule has 0 saturated heterocycles. The van der Waals surface area contributed by atoms with Crippen LogP contribution < -0.4 is 4.90 Å². The summed E-state index contributed by atoms with van der Waals surface area (Å²) in [5, 5.41) is 8.57. The van der Waals surface area contributed by atoms with Gasteiger partial charge in [-0.2, -0.15) is 0 Å². The van der Waals surface area contributed by atoms with Crippen molar-refractivity contribution in [2.24, 2.45) is 0 Å². The highest BCUT2D eigenvalue weighted by Gasteiger charge is 2.05. The maximum absolute atomic E-state index is 13.5. The van der Waals surface area contributed by atoms with Crippen molar-refractivity contribution in [2.45, 2.75) is 0 Å². The van der Waals surface area contributed by atoms with E-state index >= 15 is 0 Å². The maximum Gasteiger partial charge on any atom is 0.328 e. The number of anilines is 1. The van der Waals surface area contributed by atoms with Gasteiger partial charge in [0.15, 0.2) is 0 Å². The summed E-state index contributed by atoms with van der Waals surface area (Å²) in [6.07, 6.45) is 2.38. The minimum Gasteiger partial charge on any atom is -0.478 e. The first-order valence-electron chi connectivity index (χ1n) is 5.96. The molecule has 0 heterocycles. The van der Waals surface area contributed by atoms with Gasteiger partial charge < -0.3 is 14.9 Å². The second-order valence-corrected chi connectivity index (χ2v) is 4.64. The van der Waals surface area contributed by atoms with Crippen molar-refractivity contribution >= 4 is 17.7 Å². The van der Waals surface area contributed by atoms with E-state index in [1.165, 1.54) is 18.2 Å². The lowest BCUT2D eigenvalue weighted by Gasteiger charge is -2.22. The lowest BCUT2D eigenvalue weighted by atomic mass is 10.1. The Morgan fingerprint density at radius 3 is 2.53 bits per heavy atom. The van der Waals surface area contributed by atoms with Crippen molar-refractivity contribution in [3.63, 3.8) is 0 Å². The van der Waals surface area contributed by atoms with Crippen molar-refractivity contribution in [3.8, 4) is 0 Å². The Hall–Kier alpha value is -1.88. The number of hydrogen-bond donors (Lipinski definition) is 1. The van der Waals surface area contributed by atoms with Crippen LogP contribution in [0.3, 0.4) is 0 Å². The van der Waals surface area contributed by atoms with Gasteiger partial charge in [-0.25, -0.2) is 9.18 Å². The van der Waals surface area contributed by atoms with E-state index < -0.39 is 5.97 Å². The quantitative estimate of drug-likeness (QED) is 0.799. The largest absolute Gasteiger partial charge is 0.478 e. The predicted molar refractivity (Wildman–Crippen MR) is 74.9 cm³/mol. The van der Waals surface area contributed by atoms with Gasteiger partial charge in [0.25, 0.3) is 0 Å². The van der Waals surface area contributed by atoms with E-state index in [0.29, 0.717) is 5.56 Å². The topological polar surface area (TPSA) is 43.8 Å². The minimum atomic E-state index is -1.05. The highest BCUT2D eigenvalue weighted by molar-refractivity contribution is 5.85. The van der Waals surface area contributed by atoms with Gasteiger partial charge in [-0.1, -0.05) is 0 Å². The van der Waals surface area contributed by atoms with Gasteiger partial charge in [0.05, 0.1) is 0 Å². The molecule has 1 rings (SSSR count). The smallest absolute Gasteiger partial charge is 0.328 e. The first-order chi connectivity index (χ1) is 8.88. The summed E-state index contributed by atoms with van der Waals surface area (Å²) in [4.78, 5) is 14.4. The zero-order valence-corrected chi connectivity index (χ0v) is 11.4. The van der Waals surface area contributed by atoms with Crippen LogP contribution in [0.4, 0.5) is 10.1 Å². The van der Waals surface area contributed by atoms with Crippen LogP contribution in [0.5, 0.6) is 0 Å². The zero-order valence-electron chi connectivity index (χ0n) is 11.4. The molecule has 1 aromatic rings. The highest BCUT2D eigenvalue weighted by atomic mass is 19.1. The van der Waals surface area contributed by atoms with E-state index in [2.05, 4.69) is 0 Å². The van der Waals surface area contributed by atoms with E-state index in [1.807, 2.05) is 30.9 Å². The van der Waals surface area contributed by atoms with Crippen LogP contribution in [0.15, 0.2) is 24.3 Å². The Kier molecular flexibility index (Phi) is 5.51. The van der Waals surface area contributed by atoms with Crippen LogP contribution >= 0.6 is 0 Å². The van der Waals surface area contributed by atoms with Crippen molar-refractivity contribution in [1.82, 2.24) is 4.90 Å². The molecule has 0 amide bonds. The fourth-order valence-corrected chi connectivity index (χ4v) is 1.56. The molecule has 1 aromatic carbocycles. The number of rotatable bonds is 6. The first kappa shape index (κ1) is 15.2. The molecule has 0 radical (unpaired) electrons. The number of halogens is 1. The number of hydrogen-bond acceptors (Lipinski definition) is 3. The van der Waals surface area contributed by atoms with E-state index in [4.69, 9.17) is 5.11 Å². The summed E-state index contributed by atoms with van der Waals surface area (Å²) < 4.78 is 13.5. The van der Waals surface area contributed by atoms with E-state index in [-0.39, 0.29) is 5.82 Å². The average molecular weight is 266 g/mol. The number of benzene rings is 1. The molecule has 0 aliphatic carbocycles. The van der Waals surface area contributed by atoms with Gasteiger partial charge in [0.2, 0.25) is 0 Å². The molecule has 4 nitrogen and oxygen atoms in total. The van der Waals surface area contributed by atoms with Crippen LogP contribution in [0.2, 0.25) is 0 Å². The number of carboxylic acid groups (broad SMARTS) is 1. The number of likely N-dealkylation sites (N-methyl/N-ethyl adjacent to an activating group) is 2. The fraction of sp³-hybridized carbons (Fsp3) is 0.357. The van der Waals surface area contributed by atoms with Crippen LogP contribution in [-0.4, -0.2) is 50.2 Å². The first-order valence-corrected chi connectivity index (χ1v) is 5.96. The van der Waals surface area contributed by atoms with Gasteiger partial charge in [0.1, 0.15) is 5.82 Å². The second-order valence-electron chi connectivity index (χ2n) is 4.64. The number of aliphatic carboxylic acids is 1. The molecule has 0 aliphatic rings. The van der Waals surface area contributed by atoms with Crippen LogP contribution in [0.25, 0.3) is 6.08 Å². The molecule has 5 heteroatoms. The summed E-state index contributed by atoms with van der Waals surface area (Å²) in [5.74, 6) is -1.42. The van der Waals surface area contributed by atoms with E-state index in [1.54, 1.807) is 6.07 Å². The molecule has 0 bridgehead atoms. The van der Waals surface area contributed by atoms with Crippen LogP contribution in [-0.2, 0) is 4.79 Å². The minimum absolute atomic E-state index is 0.376. The molecule has 0 spiro atoms. The molecule has 0 saturated carbocycles. The fourth-order valence-electron chi connectivity index (χ4n) is 1.56. The lowest BCUT2D eigenvalue weighted by Crippen LogP contribution is -2.28. The van der Waals surface area contributed by atoms with Gasteiger partial charge in [-0.05, 0) is 43.9 Å². The third-order valence-electron chi connectivity index (χ3n) is 2.65. The Morgan fingerprint density at radius 1 is 1.26 bits per heavy atom. The molecule has 1 N–H and O–H groups in total. The van der Waals surface area contributed by atoms with Crippen molar-refractivity contribution in [3.05, 3.63) is 35.7 Å². The van der Waals surface area contributed by atoms with Gasteiger partial charge in [-0.15, -0.1) is 0 Å². The normalized spacial score (nSPS) is 11.2. The average Bonchev–Trinajstić information content (AvgIpc) is 2.32. The molecular weight excluding hydrogens is 247 g/mol. The summed E-state index contributed by atoms with van der Waals surface area (Å²) in [6.45, 7) is 1.62. The summed E-state index contributed by atoms with van der Waals surface area (Å²) in [5.41, 5.74) is 1.26. The zero-order chi connectivity index (χ0) is 14.4. The van der Waals surface area contributed by atoms with Crippen molar-refractivity contribution in [1.29, 1.82) is 0 Å². The maximum atomic E-state index is 13.5. The van der Waals surface area contributed by atoms with Crippen LogP contribution in [0, 0.1) is 5.82 Å². The summed E-state index contributed by atoms with van der Waals surface area (Å²) in [6, 6.07) is 4.51. The molecule has 104 valence electrons. The number of carboxylic acids is 1. The lowest BCUT2D eigenvalue weighted by molar-refractivity contribution is -0.131. The molecule has 0 aliphatic heterocycles. The molecule has 19 heavy (non-hydrogen) atoms. The molecule has 0 atom stereocenters. The second kappa shape index (κ2) is 6.89. The molecule has 0 fully saturated rings. The Balaban J connectivity index is 2.86. The number of carbonyl (C=O) groups is 1. The Morgan fingerprint density at radius 2 is 1.95 bits per heavy atom. The van der Waals surface area contributed by atoms with Crippen molar-refractivity contribution in [2.75, 3.05) is 39.1 Å². The Bertz CT molecular complexity index is 473. The molecule has 0 unspecified atom stereocenters. The monoisotopic (exact) mass is 266 g/mol. The van der Waals surface area contributed by atoms with E-state index in [0.717, 1.165) is 24.9 Å². The molecular formula is C14H19FN2O2. The third-order valence-corrected chi connectivity index (χ3v) is 2.65.